The largest absolute Gasteiger partial charge is 0.497 e. The van der Waals surface area contributed by atoms with Gasteiger partial charge in [0.1, 0.15) is 11.5 Å². The van der Waals surface area contributed by atoms with Crippen LogP contribution in [0.2, 0.25) is 0 Å². The van der Waals surface area contributed by atoms with Crippen LogP contribution in [0.5, 0.6) is 5.75 Å². The van der Waals surface area contributed by atoms with E-state index in [2.05, 4.69) is 17.2 Å². The maximum Gasteiger partial charge on any atom is 0.273 e. The van der Waals surface area contributed by atoms with Crippen molar-refractivity contribution in [2.45, 2.75) is 57.9 Å². The Hall–Kier alpha value is -2.30. The Morgan fingerprint density at radius 3 is 2.84 bits per heavy atom. The molecule has 5 nitrogen and oxygen atoms in total. The number of carbonyl (C=O) groups is 1. The van der Waals surface area contributed by atoms with Crippen molar-refractivity contribution in [1.82, 2.24) is 10.3 Å². The first-order chi connectivity index (χ1) is 12.2. The molecule has 134 valence electrons. The number of aromatic nitrogens is 1. The van der Waals surface area contributed by atoms with Crippen molar-refractivity contribution in [1.29, 1.82) is 0 Å². The molecule has 0 aliphatic heterocycles. The van der Waals surface area contributed by atoms with Gasteiger partial charge >= 0.3 is 0 Å². The van der Waals surface area contributed by atoms with Gasteiger partial charge in [0, 0.05) is 18.0 Å². The molecule has 0 spiro atoms. The number of nitrogens with zero attached hydrogens (tertiary/aromatic N) is 1. The minimum Gasteiger partial charge on any atom is -0.497 e. The zero-order valence-electron chi connectivity index (χ0n) is 15.0. The molecule has 1 aliphatic carbocycles. The maximum atomic E-state index is 12.7. The maximum absolute atomic E-state index is 12.7. The van der Waals surface area contributed by atoms with Gasteiger partial charge in [0.25, 0.3) is 5.91 Å². The highest BCUT2D eigenvalue weighted by atomic mass is 16.5. The van der Waals surface area contributed by atoms with Crippen molar-refractivity contribution in [3.63, 3.8) is 0 Å². The Balaban J connectivity index is 1.84. The van der Waals surface area contributed by atoms with Gasteiger partial charge in [-0.25, -0.2) is 4.98 Å². The van der Waals surface area contributed by atoms with E-state index in [9.17, 15) is 4.79 Å². The summed E-state index contributed by atoms with van der Waals surface area (Å²) in [4.78, 5) is 17.2. The molecular formula is C20H26N2O3. The Morgan fingerprint density at radius 1 is 1.32 bits per heavy atom. The van der Waals surface area contributed by atoms with E-state index in [0.29, 0.717) is 23.8 Å². The number of oxazole rings is 1. The fourth-order valence-corrected chi connectivity index (χ4v) is 3.31. The van der Waals surface area contributed by atoms with E-state index < -0.39 is 0 Å². The van der Waals surface area contributed by atoms with Gasteiger partial charge in [0.05, 0.1) is 7.11 Å². The van der Waals surface area contributed by atoms with Gasteiger partial charge in [-0.3, -0.25) is 4.79 Å². The summed E-state index contributed by atoms with van der Waals surface area (Å²) < 4.78 is 11.2. The first-order valence-corrected chi connectivity index (χ1v) is 9.16. The van der Waals surface area contributed by atoms with Crippen LogP contribution in [0.4, 0.5) is 0 Å². The fraction of sp³-hybridized carbons (Fsp3) is 0.500. The van der Waals surface area contributed by atoms with Gasteiger partial charge < -0.3 is 14.5 Å². The molecule has 0 radical (unpaired) electrons. The number of nitrogens with one attached hydrogen (secondary N) is 1. The molecule has 1 aromatic heterocycles. The molecule has 1 fully saturated rings. The van der Waals surface area contributed by atoms with Gasteiger partial charge in [-0.15, -0.1) is 0 Å². The van der Waals surface area contributed by atoms with Crippen molar-refractivity contribution < 1.29 is 13.9 Å². The minimum absolute atomic E-state index is 0.117. The molecule has 1 aliphatic rings. The first-order valence-electron chi connectivity index (χ1n) is 9.16. The van der Waals surface area contributed by atoms with Crippen LogP contribution in [0.25, 0.3) is 11.5 Å². The number of rotatable bonds is 6. The Labute approximate surface area is 148 Å². The zero-order chi connectivity index (χ0) is 17.6. The second-order valence-corrected chi connectivity index (χ2v) is 6.58. The summed E-state index contributed by atoms with van der Waals surface area (Å²) >= 11 is 0. The van der Waals surface area contributed by atoms with Crippen molar-refractivity contribution in [3.05, 3.63) is 35.7 Å². The highest BCUT2D eigenvalue weighted by Crippen LogP contribution is 2.26. The Bertz CT molecular complexity index is 717. The average Bonchev–Trinajstić information content (AvgIpc) is 3.07. The Morgan fingerprint density at radius 2 is 2.12 bits per heavy atom. The van der Waals surface area contributed by atoms with Crippen LogP contribution in [0.3, 0.4) is 0 Å². The Kier molecular flexibility index (Phi) is 5.74. The lowest BCUT2D eigenvalue weighted by molar-refractivity contribution is 0.0921. The summed E-state index contributed by atoms with van der Waals surface area (Å²) in [5.41, 5.74) is 1.23. The summed E-state index contributed by atoms with van der Waals surface area (Å²) in [6.45, 7) is 2.07. The van der Waals surface area contributed by atoms with E-state index in [4.69, 9.17) is 9.15 Å². The molecule has 5 heteroatoms. The number of ether oxygens (including phenoxy) is 1. The van der Waals surface area contributed by atoms with E-state index in [1.165, 1.54) is 19.3 Å². The van der Waals surface area contributed by atoms with Crippen LogP contribution in [-0.4, -0.2) is 24.0 Å². The molecule has 2 aromatic rings. The molecular weight excluding hydrogens is 316 g/mol. The lowest BCUT2D eigenvalue weighted by Gasteiger charge is -2.22. The fourth-order valence-electron chi connectivity index (χ4n) is 3.31. The topological polar surface area (TPSA) is 64.4 Å². The van der Waals surface area contributed by atoms with Crippen LogP contribution in [0.15, 0.2) is 28.7 Å². The number of methoxy groups -OCH3 is 1. The highest BCUT2D eigenvalue weighted by molar-refractivity contribution is 5.94. The predicted octanol–water partition coefficient (Wildman–Crippen LogP) is 4.37. The standard InChI is InChI=1S/C20H26N2O3/c1-3-8-17-18(19(23)21-15-10-5-4-6-11-15)22-20(25-17)14-9-7-12-16(13-14)24-2/h7,9,12-13,15H,3-6,8,10-11H2,1-2H3,(H,21,23). The second kappa shape index (κ2) is 8.19. The molecule has 1 N–H and O–H groups in total. The van der Waals surface area contributed by atoms with Crippen molar-refractivity contribution in [2.24, 2.45) is 0 Å². The van der Waals surface area contributed by atoms with E-state index in [-0.39, 0.29) is 11.9 Å². The lowest BCUT2D eigenvalue weighted by Crippen LogP contribution is -2.36. The summed E-state index contributed by atoms with van der Waals surface area (Å²) in [5, 5.41) is 3.14. The number of hydrogen-bond acceptors (Lipinski definition) is 4. The van der Waals surface area contributed by atoms with Crippen LogP contribution in [0, 0.1) is 0 Å². The van der Waals surface area contributed by atoms with Crippen molar-refractivity contribution in [2.75, 3.05) is 7.11 Å². The molecule has 3 rings (SSSR count). The van der Waals surface area contributed by atoms with Crippen LogP contribution in [0.1, 0.15) is 61.7 Å². The summed E-state index contributed by atoms with van der Waals surface area (Å²) in [6.07, 6.45) is 7.32. The summed E-state index contributed by atoms with van der Waals surface area (Å²) in [6, 6.07) is 7.79. The molecule has 1 heterocycles. The third-order valence-electron chi connectivity index (χ3n) is 4.65. The first kappa shape index (κ1) is 17.5. The van der Waals surface area contributed by atoms with Crippen molar-refractivity contribution >= 4 is 5.91 Å². The number of aryl methyl sites for hydroxylation is 1. The van der Waals surface area contributed by atoms with Gasteiger partial charge in [-0.05, 0) is 37.5 Å². The molecule has 1 saturated carbocycles. The van der Waals surface area contributed by atoms with Gasteiger partial charge in [0.2, 0.25) is 5.89 Å². The number of hydrogen-bond donors (Lipinski definition) is 1. The number of benzene rings is 1. The molecule has 0 bridgehead atoms. The van der Waals surface area contributed by atoms with Crippen LogP contribution in [-0.2, 0) is 6.42 Å². The second-order valence-electron chi connectivity index (χ2n) is 6.58. The van der Waals surface area contributed by atoms with E-state index >= 15 is 0 Å². The smallest absolute Gasteiger partial charge is 0.273 e. The molecule has 0 unspecified atom stereocenters. The normalized spacial score (nSPS) is 15.1. The number of carbonyl (C=O) groups excluding carboxylic acids is 1. The molecule has 0 saturated heterocycles. The number of amides is 1. The van der Waals surface area contributed by atoms with Gasteiger partial charge in [0.15, 0.2) is 5.69 Å². The third kappa shape index (κ3) is 4.21. The van der Waals surface area contributed by atoms with Crippen LogP contribution < -0.4 is 10.1 Å². The van der Waals surface area contributed by atoms with Crippen molar-refractivity contribution in [3.8, 4) is 17.2 Å². The monoisotopic (exact) mass is 342 g/mol. The molecule has 1 amide bonds. The summed E-state index contributed by atoms with van der Waals surface area (Å²) in [5.74, 6) is 1.75. The summed E-state index contributed by atoms with van der Waals surface area (Å²) in [7, 11) is 1.63. The molecule has 1 aromatic carbocycles. The quantitative estimate of drug-likeness (QED) is 0.847. The zero-order valence-corrected chi connectivity index (χ0v) is 15.0. The minimum atomic E-state index is -0.117. The predicted molar refractivity (Wildman–Crippen MR) is 96.8 cm³/mol. The van der Waals surface area contributed by atoms with Gasteiger partial charge in [-0.1, -0.05) is 32.3 Å². The van der Waals surface area contributed by atoms with E-state index in [1.807, 2.05) is 24.3 Å². The van der Waals surface area contributed by atoms with Gasteiger partial charge in [-0.2, -0.15) is 0 Å². The van der Waals surface area contributed by atoms with Crippen LogP contribution >= 0.6 is 0 Å². The van der Waals surface area contributed by atoms with E-state index in [0.717, 1.165) is 30.6 Å². The highest BCUT2D eigenvalue weighted by Gasteiger charge is 2.23. The third-order valence-corrected chi connectivity index (χ3v) is 4.65. The van der Waals surface area contributed by atoms with E-state index in [1.54, 1.807) is 7.11 Å². The SMILES string of the molecule is CCCc1oc(-c2cccc(OC)c2)nc1C(=O)NC1CCCCC1. The molecule has 25 heavy (non-hydrogen) atoms. The molecule has 0 atom stereocenters. The average molecular weight is 342 g/mol. The lowest BCUT2D eigenvalue weighted by atomic mass is 9.95.